The van der Waals surface area contributed by atoms with Gasteiger partial charge in [0.2, 0.25) is 5.72 Å². The molecule has 7 nitrogen and oxygen atoms in total. The predicted molar refractivity (Wildman–Crippen MR) is 86.3 cm³/mol. The first-order valence-electron chi connectivity index (χ1n) is 7.75. The fourth-order valence-corrected chi connectivity index (χ4v) is 2.98. The van der Waals surface area contributed by atoms with Crippen molar-refractivity contribution in [3.05, 3.63) is 69.5 Å². The number of hydrogen-bond acceptors (Lipinski definition) is 5. The van der Waals surface area contributed by atoms with E-state index in [0.717, 1.165) is 6.42 Å². The molecule has 1 aromatic carbocycles. The van der Waals surface area contributed by atoms with Crippen molar-refractivity contribution in [3.63, 3.8) is 0 Å². The first kappa shape index (κ1) is 16.1. The van der Waals surface area contributed by atoms with Crippen LogP contribution in [-0.2, 0) is 5.72 Å². The molecule has 1 aromatic heterocycles. The van der Waals surface area contributed by atoms with Gasteiger partial charge in [0.1, 0.15) is 5.69 Å². The molecule has 0 radical (unpaired) electrons. The number of non-ortho nitro benzene ring substituents is 1. The lowest BCUT2D eigenvalue weighted by Crippen LogP contribution is -2.45. The molecule has 124 valence electrons. The summed E-state index contributed by atoms with van der Waals surface area (Å²) < 4.78 is 0. The molecule has 0 bridgehead atoms. The van der Waals surface area contributed by atoms with Gasteiger partial charge in [0, 0.05) is 30.4 Å². The second-order valence-electron chi connectivity index (χ2n) is 5.69. The van der Waals surface area contributed by atoms with E-state index < -0.39 is 10.6 Å². The molecule has 1 N–H and O–H groups in total. The fourth-order valence-electron chi connectivity index (χ4n) is 2.98. The standard InChI is InChI=1S/C17H17N3O4/c1-2-3-10-19-16(21)14-8-5-9-18-15(14)17(19,22)12-6-4-7-13(11-12)20(23)24/h4-9,11,22H,2-3,10H2,1H3. The van der Waals surface area contributed by atoms with Gasteiger partial charge in [-0.1, -0.05) is 25.5 Å². The number of nitro groups is 1. The predicted octanol–water partition coefficient (Wildman–Crippen LogP) is 2.44. The quantitative estimate of drug-likeness (QED) is 0.672. The van der Waals surface area contributed by atoms with Crippen molar-refractivity contribution in [3.8, 4) is 0 Å². The molecule has 0 aliphatic carbocycles. The lowest BCUT2D eigenvalue weighted by atomic mass is 9.97. The Hall–Kier alpha value is -2.80. The highest BCUT2D eigenvalue weighted by Crippen LogP contribution is 2.41. The van der Waals surface area contributed by atoms with E-state index >= 15 is 0 Å². The third kappa shape index (κ3) is 2.33. The maximum absolute atomic E-state index is 12.7. The Labute approximate surface area is 138 Å². The van der Waals surface area contributed by atoms with Gasteiger partial charge in [-0.2, -0.15) is 0 Å². The number of nitrogens with zero attached hydrogens (tertiary/aromatic N) is 3. The number of unbranched alkanes of at least 4 members (excludes halogenated alkanes) is 1. The van der Waals surface area contributed by atoms with Gasteiger partial charge in [-0.3, -0.25) is 19.9 Å². The lowest BCUT2D eigenvalue weighted by Gasteiger charge is -2.33. The molecule has 1 atom stereocenters. The van der Waals surface area contributed by atoms with E-state index in [2.05, 4.69) is 4.98 Å². The van der Waals surface area contributed by atoms with Crippen LogP contribution < -0.4 is 0 Å². The summed E-state index contributed by atoms with van der Waals surface area (Å²) in [6.45, 7) is 2.32. The molecule has 1 unspecified atom stereocenters. The number of carbonyl (C=O) groups excluding carboxylic acids is 1. The molecule has 0 fully saturated rings. The van der Waals surface area contributed by atoms with E-state index in [1.54, 1.807) is 18.2 Å². The fraction of sp³-hybridized carbons (Fsp3) is 0.294. The van der Waals surface area contributed by atoms with Gasteiger partial charge >= 0.3 is 0 Å². The Morgan fingerprint density at radius 3 is 2.83 bits per heavy atom. The normalized spacial score (nSPS) is 19.4. The van der Waals surface area contributed by atoms with E-state index in [1.807, 2.05) is 6.92 Å². The van der Waals surface area contributed by atoms with Gasteiger partial charge in [0.05, 0.1) is 10.5 Å². The molecule has 7 heteroatoms. The van der Waals surface area contributed by atoms with Crippen molar-refractivity contribution in [1.82, 2.24) is 9.88 Å². The van der Waals surface area contributed by atoms with Crippen molar-refractivity contribution in [2.75, 3.05) is 6.54 Å². The Kier molecular flexibility index (Phi) is 4.02. The largest absolute Gasteiger partial charge is 0.362 e. The summed E-state index contributed by atoms with van der Waals surface area (Å²) in [6.07, 6.45) is 3.05. The summed E-state index contributed by atoms with van der Waals surface area (Å²) in [5, 5.41) is 22.5. The van der Waals surface area contributed by atoms with Crippen LogP contribution in [0.3, 0.4) is 0 Å². The zero-order chi connectivity index (χ0) is 17.3. The summed E-state index contributed by atoms with van der Waals surface area (Å²) in [5.41, 5.74) is -1.14. The van der Waals surface area contributed by atoms with Gasteiger partial charge in [-0.25, -0.2) is 0 Å². The monoisotopic (exact) mass is 327 g/mol. The SMILES string of the molecule is CCCCN1C(=O)c2cccnc2C1(O)c1cccc([N+](=O)[O-])c1. The number of amides is 1. The number of rotatable bonds is 5. The highest BCUT2D eigenvalue weighted by atomic mass is 16.6. The number of aromatic nitrogens is 1. The molecule has 0 spiro atoms. The Bertz CT molecular complexity index is 808. The van der Waals surface area contributed by atoms with Gasteiger partial charge in [0.15, 0.2) is 0 Å². The molecule has 2 heterocycles. The maximum Gasteiger partial charge on any atom is 0.269 e. The van der Waals surface area contributed by atoms with Crippen LogP contribution in [0.2, 0.25) is 0 Å². The Morgan fingerprint density at radius 2 is 2.12 bits per heavy atom. The second-order valence-corrected chi connectivity index (χ2v) is 5.69. The van der Waals surface area contributed by atoms with Crippen molar-refractivity contribution in [2.45, 2.75) is 25.5 Å². The summed E-state index contributed by atoms with van der Waals surface area (Å²) in [6, 6.07) is 8.94. The van der Waals surface area contributed by atoms with Crippen LogP contribution in [0.4, 0.5) is 5.69 Å². The summed E-state index contributed by atoms with van der Waals surface area (Å²) in [5.74, 6) is -0.319. The van der Waals surface area contributed by atoms with Crippen LogP contribution in [-0.4, -0.2) is 32.4 Å². The number of benzene rings is 1. The average Bonchev–Trinajstić information content (AvgIpc) is 2.82. The molecule has 24 heavy (non-hydrogen) atoms. The maximum atomic E-state index is 12.7. The molecule has 0 saturated carbocycles. The Balaban J connectivity index is 2.18. The number of aliphatic hydroxyl groups is 1. The third-order valence-electron chi connectivity index (χ3n) is 4.20. The average molecular weight is 327 g/mol. The minimum atomic E-state index is -1.80. The first-order chi connectivity index (χ1) is 11.5. The van der Waals surface area contributed by atoms with Crippen LogP contribution in [0.5, 0.6) is 0 Å². The van der Waals surface area contributed by atoms with E-state index in [0.29, 0.717) is 18.5 Å². The molecule has 0 saturated heterocycles. The van der Waals surface area contributed by atoms with Crippen molar-refractivity contribution < 1.29 is 14.8 Å². The number of hydrogen-bond donors (Lipinski definition) is 1. The third-order valence-corrected chi connectivity index (χ3v) is 4.20. The minimum Gasteiger partial charge on any atom is -0.362 e. The summed E-state index contributed by atoms with van der Waals surface area (Å²) in [7, 11) is 0. The summed E-state index contributed by atoms with van der Waals surface area (Å²) >= 11 is 0. The first-order valence-corrected chi connectivity index (χ1v) is 7.75. The number of nitro benzene ring substituents is 1. The van der Waals surface area contributed by atoms with Crippen LogP contribution in [0.15, 0.2) is 42.6 Å². The number of carbonyl (C=O) groups is 1. The van der Waals surface area contributed by atoms with Gasteiger partial charge in [-0.05, 0) is 18.6 Å². The van der Waals surface area contributed by atoms with E-state index in [-0.39, 0.29) is 22.9 Å². The molecular weight excluding hydrogens is 310 g/mol. The summed E-state index contributed by atoms with van der Waals surface area (Å²) in [4.78, 5) is 28.8. The number of fused-ring (bicyclic) bond motifs is 1. The van der Waals surface area contributed by atoms with Crippen molar-refractivity contribution in [1.29, 1.82) is 0 Å². The van der Waals surface area contributed by atoms with Crippen LogP contribution >= 0.6 is 0 Å². The van der Waals surface area contributed by atoms with Gasteiger partial charge < -0.3 is 10.0 Å². The smallest absolute Gasteiger partial charge is 0.269 e. The van der Waals surface area contributed by atoms with Crippen LogP contribution in [0.1, 0.15) is 41.4 Å². The van der Waals surface area contributed by atoms with Crippen LogP contribution in [0, 0.1) is 10.1 Å². The molecular formula is C17H17N3O4. The molecule has 1 aliphatic heterocycles. The van der Waals surface area contributed by atoms with Crippen LogP contribution in [0.25, 0.3) is 0 Å². The van der Waals surface area contributed by atoms with Gasteiger partial charge in [-0.15, -0.1) is 0 Å². The van der Waals surface area contributed by atoms with Crippen molar-refractivity contribution >= 4 is 11.6 Å². The Morgan fingerprint density at radius 1 is 1.33 bits per heavy atom. The van der Waals surface area contributed by atoms with Crippen molar-refractivity contribution in [2.24, 2.45) is 0 Å². The molecule has 3 rings (SSSR count). The lowest BCUT2D eigenvalue weighted by molar-refractivity contribution is -0.385. The van der Waals surface area contributed by atoms with E-state index in [1.165, 1.54) is 29.3 Å². The zero-order valence-electron chi connectivity index (χ0n) is 13.2. The van der Waals surface area contributed by atoms with E-state index in [4.69, 9.17) is 0 Å². The molecule has 2 aromatic rings. The van der Waals surface area contributed by atoms with Gasteiger partial charge in [0.25, 0.3) is 11.6 Å². The molecule has 1 amide bonds. The zero-order valence-corrected chi connectivity index (χ0v) is 13.2. The minimum absolute atomic E-state index is 0.145. The van der Waals surface area contributed by atoms with E-state index in [9.17, 15) is 20.0 Å². The highest BCUT2D eigenvalue weighted by Gasteiger charge is 2.51. The highest BCUT2D eigenvalue weighted by molar-refractivity contribution is 5.99. The molecule has 1 aliphatic rings. The second kappa shape index (κ2) is 6.01. The topological polar surface area (TPSA) is 96.6 Å². The number of pyridine rings is 1.